The molecule has 0 N–H and O–H groups in total. The van der Waals surface area contributed by atoms with Crippen LogP contribution in [0.4, 0.5) is 0 Å². The first-order valence-corrected chi connectivity index (χ1v) is 5.12. The first-order valence-electron chi connectivity index (χ1n) is 5.12. The molecule has 2 atom stereocenters. The Kier molecular flexibility index (Phi) is 3.02. The van der Waals surface area contributed by atoms with Gasteiger partial charge in [-0.05, 0) is 5.56 Å². The number of carbonyl (C=O) groups is 1. The summed E-state index contributed by atoms with van der Waals surface area (Å²) in [5.74, 6) is -0.196. The van der Waals surface area contributed by atoms with Gasteiger partial charge in [-0.3, -0.25) is 4.79 Å². The van der Waals surface area contributed by atoms with Gasteiger partial charge in [-0.2, -0.15) is 0 Å². The lowest BCUT2D eigenvalue weighted by Crippen LogP contribution is -2.11. The fourth-order valence-electron chi connectivity index (χ4n) is 1.54. The number of hydrogen-bond donors (Lipinski definition) is 0. The van der Waals surface area contributed by atoms with Gasteiger partial charge >= 0.3 is 5.97 Å². The Morgan fingerprint density at radius 1 is 1.40 bits per heavy atom. The van der Waals surface area contributed by atoms with Gasteiger partial charge in [0, 0.05) is 6.42 Å². The minimum absolute atomic E-state index is 0.0363. The molecule has 0 aliphatic carbocycles. The van der Waals surface area contributed by atoms with E-state index >= 15 is 0 Å². The van der Waals surface area contributed by atoms with Crippen LogP contribution in [0.2, 0.25) is 0 Å². The predicted molar refractivity (Wildman–Crippen MR) is 54.9 cm³/mol. The molecule has 15 heavy (non-hydrogen) atoms. The second-order valence-corrected chi connectivity index (χ2v) is 3.80. The summed E-state index contributed by atoms with van der Waals surface area (Å²) in [5, 5.41) is 0. The van der Waals surface area contributed by atoms with Crippen LogP contribution in [0.3, 0.4) is 0 Å². The Morgan fingerprint density at radius 3 is 2.73 bits per heavy atom. The Balaban J connectivity index is 1.82. The summed E-state index contributed by atoms with van der Waals surface area (Å²) in [4.78, 5) is 11.1. The third-order valence-corrected chi connectivity index (χ3v) is 2.47. The molecule has 1 aromatic rings. The van der Waals surface area contributed by atoms with Crippen molar-refractivity contribution < 1.29 is 14.3 Å². The van der Waals surface area contributed by atoms with Gasteiger partial charge in [-0.15, -0.1) is 0 Å². The molecule has 1 fully saturated rings. The summed E-state index contributed by atoms with van der Waals surface area (Å²) >= 11 is 0. The minimum atomic E-state index is -0.368. The van der Waals surface area contributed by atoms with Gasteiger partial charge in [0.15, 0.2) is 0 Å². The highest BCUT2D eigenvalue weighted by molar-refractivity contribution is 5.73. The van der Waals surface area contributed by atoms with E-state index in [9.17, 15) is 4.79 Å². The van der Waals surface area contributed by atoms with Crippen molar-refractivity contribution in [2.24, 2.45) is 5.92 Å². The Morgan fingerprint density at radius 2 is 2.13 bits per heavy atom. The summed E-state index contributed by atoms with van der Waals surface area (Å²) in [6.07, 6.45) is 0.291. The molecule has 1 heterocycles. The molecule has 1 aliphatic rings. The lowest BCUT2D eigenvalue weighted by Gasteiger charge is -2.10. The molecule has 3 heteroatoms. The smallest absolute Gasteiger partial charge is 0.311 e. The zero-order valence-corrected chi connectivity index (χ0v) is 8.68. The van der Waals surface area contributed by atoms with E-state index in [1.807, 2.05) is 37.3 Å². The number of cyclic esters (lactones) is 1. The molecule has 0 aromatic heterocycles. The summed E-state index contributed by atoms with van der Waals surface area (Å²) in [6, 6.07) is 9.85. The van der Waals surface area contributed by atoms with E-state index in [1.165, 1.54) is 0 Å². The summed E-state index contributed by atoms with van der Waals surface area (Å²) in [7, 11) is 0. The van der Waals surface area contributed by atoms with Crippen LogP contribution in [-0.2, 0) is 20.9 Å². The summed E-state index contributed by atoms with van der Waals surface area (Å²) in [6.45, 7) is 2.35. The largest absolute Gasteiger partial charge is 0.436 e. The van der Waals surface area contributed by atoms with Crippen molar-refractivity contribution in [2.45, 2.75) is 26.2 Å². The van der Waals surface area contributed by atoms with Crippen LogP contribution >= 0.6 is 0 Å². The molecule has 0 spiro atoms. The van der Waals surface area contributed by atoms with E-state index in [-0.39, 0.29) is 18.2 Å². The van der Waals surface area contributed by atoms with Crippen molar-refractivity contribution in [2.75, 3.05) is 0 Å². The number of ether oxygens (including phenoxy) is 2. The number of hydrogen-bond acceptors (Lipinski definition) is 3. The van der Waals surface area contributed by atoms with Crippen molar-refractivity contribution in [1.82, 2.24) is 0 Å². The molecule has 1 saturated heterocycles. The molecule has 80 valence electrons. The number of esters is 1. The van der Waals surface area contributed by atoms with Gasteiger partial charge in [0.2, 0.25) is 6.29 Å². The van der Waals surface area contributed by atoms with E-state index in [4.69, 9.17) is 9.47 Å². The summed E-state index contributed by atoms with van der Waals surface area (Å²) < 4.78 is 10.5. The molecule has 2 rings (SSSR count). The first kappa shape index (κ1) is 10.2. The van der Waals surface area contributed by atoms with Crippen LogP contribution in [0.1, 0.15) is 18.9 Å². The fraction of sp³-hybridized carbons (Fsp3) is 0.417. The normalized spacial score (nSPS) is 25.3. The minimum Gasteiger partial charge on any atom is -0.436 e. The molecule has 3 nitrogen and oxygen atoms in total. The van der Waals surface area contributed by atoms with E-state index in [0.717, 1.165) is 5.56 Å². The van der Waals surface area contributed by atoms with Gasteiger partial charge in [0.1, 0.15) is 0 Å². The van der Waals surface area contributed by atoms with Gasteiger partial charge in [-0.25, -0.2) is 0 Å². The van der Waals surface area contributed by atoms with E-state index in [1.54, 1.807) is 0 Å². The molecule has 0 bridgehead atoms. The molecule has 1 aliphatic heterocycles. The van der Waals surface area contributed by atoms with E-state index < -0.39 is 0 Å². The predicted octanol–water partition coefficient (Wildman–Crippen LogP) is 2.11. The average molecular weight is 206 g/mol. The quantitative estimate of drug-likeness (QED) is 0.710. The molecule has 0 saturated carbocycles. The third kappa shape index (κ3) is 2.57. The maximum absolute atomic E-state index is 11.1. The maximum Gasteiger partial charge on any atom is 0.311 e. The van der Waals surface area contributed by atoms with Crippen molar-refractivity contribution in [3.8, 4) is 0 Å². The Bertz CT molecular complexity index is 334. The average Bonchev–Trinajstić information content (AvgIpc) is 2.57. The Hall–Kier alpha value is -1.35. The number of carbonyl (C=O) groups excluding carboxylic acids is 1. The van der Waals surface area contributed by atoms with E-state index in [2.05, 4.69) is 0 Å². The second kappa shape index (κ2) is 4.45. The van der Waals surface area contributed by atoms with Crippen LogP contribution in [-0.4, -0.2) is 12.3 Å². The van der Waals surface area contributed by atoms with Gasteiger partial charge < -0.3 is 9.47 Å². The van der Waals surface area contributed by atoms with Crippen molar-refractivity contribution in [1.29, 1.82) is 0 Å². The standard InChI is InChI=1S/C12H14O3/c1-9-7-11(15-12(9)13)14-8-10-5-3-2-4-6-10/h2-6,9,11H,7-8H2,1H3/t9-,11-/m1/s1. The SMILES string of the molecule is C[C@@H]1C[C@H](OCc2ccccc2)OC1=O. The van der Waals surface area contributed by atoms with Crippen LogP contribution in [0.15, 0.2) is 30.3 Å². The lowest BCUT2D eigenvalue weighted by atomic mass is 10.1. The second-order valence-electron chi connectivity index (χ2n) is 3.80. The monoisotopic (exact) mass is 206 g/mol. The van der Waals surface area contributed by atoms with Crippen molar-refractivity contribution in [3.05, 3.63) is 35.9 Å². The topological polar surface area (TPSA) is 35.5 Å². The molecular formula is C12H14O3. The van der Waals surface area contributed by atoms with Gasteiger partial charge in [0.05, 0.1) is 12.5 Å². The fourth-order valence-corrected chi connectivity index (χ4v) is 1.54. The van der Waals surface area contributed by atoms with Gasteiger partial charge in [0.25, 0.3) is 0 Å². The molecular weight excluding hydrogens is 192 g/mol. The zero-order chi connectivity index (χ0) is 10.7. The van der Waals surface area contributed by atoms with Gasteiger partial charge in [-0.1, -0.05) is 37.3 Å². The van der Waals surface area contributed by atoms with E-state index in [0.29, 0.717) is 13.0 Å². The molecule has 0 unspecified atom stereocenters. The van der Waals surface area contributed by atoms with Crippen LogP contribution in [0.25, 0.3) is 0 Å². The first-order chi connectivity index (χ1) is 7.25. The highest BCUT2D eigenvalue weighted by Gasteiger charge is 2.31. The lowest BCUT2D eigenvalue weighted by molar-refractivity contribution is -0.165. The van der Waals surface area contributed by atoms with Crippen LogP contribution < -0.4 is 0 Å². The molecule has 0 amide bonds. The molecule has 0 radical (unpaired) electrons. The number of rotatable bonds is 3. The Labute approximate surface area is 89.0 Å². The highest BCUT2D eigenvalue weighted by atomic mass is 16.7. The highest BCUT2D eigenvalue weighted by Crippen LogP contribution is 2.22. The summed E-state index contributed by atoms with van der Waals surface area (Å²) in [5.41, 5.74) is 1.09. The third-order valence-electron chi connectivity index (χ3n) is 2.47. The molecule has 1 aromatic carbocycles. The van der Waals surface area contributed by atoms with Crippen molar-refractivity contribution >= 4 is 5.97 Å². The van der Waals surface area contributed by atoms with Crippen LogP contribution in [0, 0.1) is 5.92 Å². The number of benzene rings is 1. The zero-order valence-electron chi connectivity index (χ0n) is 8.68. The van der Waals surface area contributed by atoms with Crippen LogP contribution in [0.5, 0.6) is 0 Å². The maximum atomic E-state index is 11.1. The van der Waals surface area contributed by atoms with Crippen molar-refractivity contribution in [3.63, 3.8) is 0 Å².